The summed E-state index contributed by atoms with van der Waals surface area (Å²) in [4.78, 5) is 0. The number of likely N-dealkylation sites (tertiary alicyclic amines) is 1. The van der Waals surface area contributed by atoms with Crippen molar-refractivity contribution >= 4 is 0 Å². The highest BCUT2D eigenvalue weighted by atomic mass is 15.4. The van der Waals surface area contributed by atoms with Gasteiger partial charge in [0, 0.05) is 19.8 Å². The van der Waals surface area contributed by atoms with Gasteiger partial charge >= 0.3 is 0 Å². The molecule has 11 heavy (non-hydrogen) atoms. The van der Waals surface area contributed by atoms with E-state index in [0.29, 0.717) is 0 Å². The molecule has 0 amide bonds. The van der Waals surface area contributed by atoms with Gasteiger partial charge in [0.1, 0.15) is 0 Å². The SMILES string of the molecule is [CH2]C[N+]1(C2CC2)CCCCC1. The lowest BCUT2D eigenvalue weighted by atomic mass is 10.1. The van der Waals surface area contributed by atoms with E-state index in [4.69, 9.17) is 0 Å². The lowest BCUT2D eigenvalue weighted by Gasteiger charge is -2.41. The first-order chi connectivity index (χ1) is 5.37. The predicted octanol–water partition coefficient (Wildman–Crippen LogP) is 1.98. The van der Waals surface area contributed by atoms with E-state index in [1.165, 1.54) is 49.7 Å². The first kappa shape index (κ1) is 7.60. The smallest absolute Gasteiger partial charge is 0.0895 e. The van der Waals surface area contributed by atoms with Crippen LogP contribution in [-0.4, -0.2) is 30.2 Å². The zero-order valence-electron chi connectivity index (χ0n) is 7.39. The Hall–Kier alpha value is -0.0400. The van der Waals surface area contributed by atoms with Gasteiger partial charge in [-0.05, 0) is 19.3 Å². The van der Waals surface area contributed by atoms with E-state index in [0.717, 1.165) is 12.6 Å². The highest BCUT2D eigenvalue weighted by molar-refractivity contribution is 4.77. The van der Waals surface area contributed by atoms with Crippen LogP contribution in [0, 0.1) is 6.92 Å². The van der Waals surface area contributed by atoms with Crippen molar-refractivity contribution in [1.29, 1.82) is 0 Å². The molecule has 0 aromatic heterocycles. The molecule has 1 nitrogen and oxygen atoms in total. The summed E-state index contributed by atoms with van der Waals surface area (Å²) < 4.78 is 1.38. The van der Waals surface area contributed by atoms with E-state index in [2.05, 4.69) is 6.92 Å². The van der Waals surface area contributed by atoms with Crippen LogP contribution in [0.4, 0.5) is 0 Å². The first-order valence-corrected chi connectivity index (χ1v) is 5.02. The summed E-state index contributed by atoms with van der Waals surface area (Å²) in [5.41, 5.74) is 0. The molecular weight excluding hydrogens is 134 g/mol. The summed E-state index contributed by atoms with van der Waals surface area (Å²) in [5, 5.41) is 0. The first-order valence-electron chi connectivity index (χ1n) is 5.02. The Labute approximate surface area is 70.0 Å². The van der Waals surface area contributed by atoms with Gasteiger partial charge in [-0.15, -0.1) is 0 Å². The minimum atomic E-state index is 1.02. The summed E-state index contributed by atoms with van der Waals surface area (Å²) in [6.45, 7) is 8.11. The molecule has 1 heteroatoms. The average molecular weight is 153 g/mol. The zero-order chi connectivity index (χ0) is 7.73. The van der Waals surface area contributed by atoms with Crippen molar-refractivity contribution in [3.8, 4) is 0 Å². The Kier molecular flexibility index (Phi) is 1.92. The Morgan fingerprint density at radius 1 is 1.09 bits per heavy atom. The average Bonchev–Trinajstić information content (AvgIpc) is 2.88. The number of piperidine rings is 1. The fourth-order valence-corrected chi connectivity index (χ4v) is 2.54. The third-order valence-corrected chi connectivity index (χ3v) is 3.47. The molecule has 0 spiro atoms. The number of hydrogen-bond donors (Lipinski definition) is 0. The van der Waals surface area contributed by atoms with Gasteiger partial charge in [0.2, 0.25) is 0 Å². The summed E-state index contributed by atoms with van der Waals surface area (Å²) in [7, 11) is 0. The molecule has 0 unspecified atom stereocenters. The maximum atomic E-state index is 4.12. The highest BCUT2D eigenvalue weighted by Crippen LogP contribution is 2.36. The van der Waals surface area contributed by atoms with Crippen LogP contribution in [0.25, 0.3) is 0 Å². The zero-order valence-corrected chi connectivity index (χ0v) is 7.39. The van der Waals surface area contributed by atoms with Crippen molar-refractivity contribution in [2.45, 2.75) is 38.1 Å². The van der Waals surface area contributed by atoms with Crippen LogP contribution in [0.3, 0.4) is 0 Å². The van der Waals surface area contributed by atoms with E-state index < -0.39 is 0 Å². The predicted molar refractivity (Wildman–Crippen MR) is 47.1 cm³/mol. The van der Waals surface area contributed by atoms with Crippen LogP contribution in [0.1, 0.15) is 32.1 Å². The van der Waals surface area contributed by atoms with Crippen LogP contribution in [-0.2, 0) is 0 Å². The Morgan fingerprint density at radius 2 is 1.73 bits per heavy atom. The second-order valence-electron chi connectivity index (χ2n) is 4.18. The molecule has 1 radical (unpaired) electrons. The number of quaternary nitrogens is 1. The van der Waals surface area contributed by atoms with E-state index in [1.807, 2.05) is 0 Å². The Morgan fingerprint density at radius 3 is 2.18 bits per heavy atom. The molecule has 0 N–H and O–H groups in total. The van der Waals surface area contributed by atoms with Crippen molar-refractivity contribution in [2.75, 3.05) is 19.6 Å². The van der Waals surface area contributed by atoms with Gasteiger partial charge in [-0.2, -0.15) is 0 Å². The molecule has 63 valence electrons. The molecule has 0 aromatic rings. The second-order valence-corrected chi connectivity index (χ2v) is 4.18. The van der Waals surface area contributed by atoms with Crippen LogP contribution in [0.5, 0.6) is 0 Å². The van der Waals surface area contributed by atoms with Gasteiger partial charge in [-0.3, -0.25) is 0 Å². The Balaban J connectivity index is 2.01. The van der Waals surface area contributed by atoms with Gasteiger partial charge in [-0.25, -0.2) is 0 Å². The summed E-state index contributed by atoms with van der Waals surface area (Å²) >= 11 is 0. The van der Waals surface area contributed by atoms with Gasteiger partial charge in [0.25, 0.3) is 0 Å². The quantitative estimate of drug-likeness (QED) is 0.532. The van der Waals surface area contributed by atoms with Crippen molar-refractivity contribution < 1.29 is 4.48 Å². The van der Waals surface area contributed by atoms with E-state index in [1.54, 1.807) is 0 Å². The number of nitrogens with zero attached hydrogens (tertiary/aromatic N) is 1. The molecule has 1 aliphatic carbocycles. The van der Waals surface area contributed by atoms with Crippen LogP contribution >= 0.6 is 0 Å². The van der Waals surface area contributed by atoms with Gasteiger partial charge in [0.05, 0.1) is 25.7 Å². The molecule has 2 fully saturated rings. The molecule has 0 bridgehead atoms. The Bertz CT molecular complexity index is 132. The van der Waals surface area contributed by atoms with Crippen LogP contribution < -0.4 is 0 Å². The molecule has 1 heterocycles. The van der Waals surface area contributed by atoms with E-state index >= 15 is 0 Å². The molecular formula is C10H19N+. The molecule has 2 rings (SSSR count). The number of hydrogen-bond acceptors (Lipinski definition) is 0. The monoisotopic (exact) mass is 153 g/mol. The van der Waals surface area contributed by atoms with Crippen molar-refractivity contribution in [2.24, 2.45) is 0 Å². The van der Waals surface area contributed by atoms with Crippen LogP contribution in [0.15, 0.2) is 0 Å². The molecule has 1 aliphatic heterocycles. The van der Waals surface area contributed by atoms with Gasteiger partial charge in [0.15, 0.2) is 0 Å². The number of rotatable bonds is 2. The van der Waals surface area contributed by atoms with Gasteiger partial charge < -0.3 is 4.48 Å². The molecule has 1 saturated carbocycles. The minimum Gasteiger partial charge on any atom is -0.321 e. The molecule has 1 saturated heterocycles. The molecule has 0 aromatic carbocycles. The summed E-state index contributed by atoms with van der Waals surface area (Å²) in [6, 6.07) is 1.02. The third-order valence-electron chi connectivity index (χ3n) is 3.47. The van der Waals surface area contributed by atoms with Gasteiger partial charge in [-0.1, -0.05) is 0 Å². The topological polar surface area (TPSA) is 0 Å². The largest absolute Gasteiger partial charge is 0.321 e. The minimum absolute atomic E-state index is 1.02. The lowest BCUT2D eigenvalue weighted by molar-refractivity contribution is -0.937. The maximum Gasteiger partial charge on any atom is 0.0895 e. The fourth-order valence-electron chi connectivity index (χ4n) is 2.54. The third kappa shape index (κ3) is 1.31. The second kappa shape index (κ2) is 2.78. The molecule has 0 atom stereocenters. The van der Waals surface area contributed by atoms with Crippen molar-refractivity contribution in [3.05, 3.63) is 6.92 Å². The maximum absolute atomic E-state index is 4.12. The van der Waals surface area contributed by atoms with E-state index in [9.17, 15) is 0 Å². The summed E-state index contributed by atoms with van der Waals surface area (Å²) in [6.07, 6.45) is 7.33. The van der Waals surface area contributed by atoms with E-state index in [-0.39, 0.29) is 0 Å². The lowest BCUT2D eigenvalue weighted by Crippen LogP contribution is -2.53. The standard InChI is InChI=1S/C10H19N/c1-2-11(10-6-7-10)8-4-3-5-9-11/h10H,1-9H2/q+1. The van der Waals surface area contributed by atoms with Crippen LogP contribution in [0.2, 0.25) is 0 Å². The van der Waals surface area contributed by atoms with Crippen molar-refractivity contribution in [3.63, 3.8) is 0 Å². The fraction of sp³-hybridized carbons (Fsp3) is 0.900. The van der Waals surface area contributed by atoms with Crippen molar-refractivity contribution in [1.82, 2.24) is 0 Å². The normalized spacial score (nSPS) is 30.3. The highest BCUT2D eigenvalue weighted by Gasteiger charge is 2.43. The molecule has 2 aliphatic rings. The summed E-state index contributed by atoms with van der Waals surface area (Å²) in [5.74, 6) is 0.